The van der Waals surface area contributed by atoms with Crippen molar-refractivity contribution >= 4 is 23.5 Å². The van der Waals surface area contributed by atoms with Gasteiger partial charge in [0.2, 0.25) is 0 Å². The van der Waals surface area contributed by atoms with Gasteiger partial charge in [0.05, 0.1) is 11.8 Å². The Hall–Kier alpha value is -1.52. The number of Topliss-reactive ketones (excluding diaryl/α,β-unsaturated/α-hetero) is 2. The number of carbonyl (C=O) groups excluding carboxylic acids is 4. The highest BCUT2D eigenvalue weighted by molar-refractivity contribution is 6.04. The first-order valence-corrected chi connectivity index (χ1v) is 11.9. The second-order valence-corrected chi connectivity index (χ2v) is 9.32. The third kappa shape index (κ3) is 5.16. The van der Waals surface area contributed by atoms with Crippen molar-refractivity contribution in [2.75, 3.05) is 0 Å². The number of hydrogen-bond acceptors (Lipinski definition) is 5. The molecule has 2 saturated carbocycles. The van der Waals surface area contributed by atoms with E-state index in [2.05, 4.69) is 6.92 Å². The second kappa shape index (κ2) is 10.5. The molecular formula is C24H36O5. The Balaban J connectivity index is 1.39. The van der Waals surface area contributed by atoms with Gasteiger partial charge in [0.15, 0.2) is 0 Å². The van der Waals surface area contributed by atoms with Crippen molar-refractivity contribution in [3.05, 3.63) is 0 Å². The minimum Gasteiger partial charge on any atom is -0.393 e. The number of ketones is 2. The van der Waals surface area contributed by atoms with Crippen molar-refractivity contribution in [1.82, 2.24) is 0 Å². The molecule has 162 valence electrons. The lowest BCUT2D eigenvalue weighted by molar-refractivity contribution is -0.156. The molecule has 29 heavy (non-hydrogen) atoms. The quantitative estimate of drug-likeness (QED) is 0.281. The molecule has 0 spiro atoms. The fourth-order valence-electron chi connectivity index (χ4n) is 5.69. The summed E-state index contributed by atoms with van der Waals surface area (Å²) < 4.78 is 4.77. The van der Waals surface area contributed by atoms with Crippen LogP contribution in [-0.4, -0.2) is 23.5 Å². The van der Waals surface area contributed by atoms with Gasteiger partial charge in [-0.2, -0.15) is 0 Å². The molecule has 5 heteroatoms. The molecule has 1 heterocycles. The number of hydrogen-bond donors (Lipinski definition) is 0. The lowest BCUT2D eigenvalue weighted by Crippen LogP contribution is -2.50. The fourth-order valence-corrected chi connectivity index (χ4v) is 5.69. The lowest BCUT2D eigenvalue weighted by Gasteiger charge is -2.40. The number of fused-ring (bicyclic) bond motifs is 3. The standard InChI is InChI=1S/C24H36O5/c1-2-3-4-5-6-7-8-9-10-11-12-16-15-19(25)20-17(22(16)26)13-14-18-21(20)24(28)29-23(18)27/h16-18,20-21H,2-15H2,1H3. The SMILES string of the molecule is CCCCCCCCCCCCC1CC(=O)C2C(CCC3C(=O)OC(=O)C32)C1=O. The van der Waals surface area contributed by atoms with E-state index in [-0.39, 0.29) is 29.8 Å². The van der Waals surface area contributed by atoms with Gasteiger partial charge in [0, 0.05) is 24.2 Å². The summed E-state index contributed by atoms with van der Waals surface area (Å²) in [5, 5.41) is 0. The van der Waals surface area contributed by atoms with Crippen LogP contribution < -0.4 is 0 Å². The molecule has 0 N–H and O–H groups in total. The molecule has 0 aromatic rings. The van der Waals surface area contributed by atoms with Crippen LogP contribution in [0.15, 0.2) is 0 Å². The zero-order valence-electron chi connectivity index (χ0n) is 17.8. The van der Waals surface area contributed by atoms with Crippen molar-refractivity contribution < 1.29 is 23.9 Å². The monoisotopic (exact) mass is 404 g/mol. The highest BCUT2D eigenvalue weighted by Gasteiger charge is 2.59. The van der Waals surface area contributed by atoms with E-state index >= 15 is 0 Å². The maximum absolute atomic E-state index is 13.0. The lowest BCUT2D eigenvalue weighted by atomic mass is 9.59. The van der Waals surface area contributed by atoms with Crippen LogP contribution >= 0.6 is 0 Å². The van der Waals surface area contributed by atoms with Gasteiger partial charge in [-0.1, -0.05) is 71.1 Å². The van der Waals surface area contributed by atoms with Crippen LogP contribution in [-0.2, 0) is 23.9 Å². The van der Waals surface area contributed by atoms with Crippen molar-refractivity contribution in [2.24, 2.45) is 29.6 Å². The van der Waals surface area contributed by atoms with Crippen LogP contribution in [0.2, 0.25) is 0 Å². The average molecular weight is 405 g/mol. The molecule has 0 bridgehead atoms. The molecule has 2 aliphatic carbocycles. The Bertz CT molecular complexity index is 625. The van der Waals surface area contributed by atoms with E-state index in [1.807, 2.05) is 0 Å². The summed E-state index contributed by atoms with van der Waals surface area (Å²) in [6, 6.07) is 0. The molecule has 0 radical (unpaired) electrons. The van der Waals surface area contributed by atoms with Crippen LogP contribution in [0.1, 0.15) is 96.8 Å². The topological polar surface area (TPSA) is 77.5 Å². The number of cyclic esters (lactones) is 2. The third-order valence-electron chi connectivity index (χ3n) is 7.31. The Morgan fingerprint density at radius 2 is 1.31 bits per heavy atom. The molecule has 1 saturated heterocycles. The Morgan fingerprint density at radius 3 is 1.97 bits per heavy atom. The van der Waals surface area contributed by atoms with Crippen LogP contribution in [0.25, 0.3) is 0 Å². The first kappa shape index (κ1) is 22.2. The molecule has 5 unspecified atom stereocenters. The van der Waals surface area contributed by atoms with Gasteiger partial charge < -0.3 is 4.74 Å². The second-order valence-electron chi connectivity index (χ2n) is 9.32. The van der Waals surface area contributed by atoms with Gasteiger partial charge in [0.1, 0.15) is 11.6 Å². The number of esters is 2. The summed E-state index contributed by atoms with van der Waals surface area (Å²) in [5.41, 5.74) is 0. The molecule has 0 aromatic carbocycles. The van der Waals surface area contributed by atoms with Gasteiger partial charge in [0.25, 0.3) is 0 Å². The van der Waals surface area contributed by atoms with Gasteiger partial charge in [-0.15, -0.1) is 0 Å². The predicted octanol–water partition coefficient (Wildman–Crippen LogP) is 4.80. The normalized spacial score (nSPS) is 31.6. The van der Waals surface area contributed by atoms with E-state index in [9.17, 15) is 19.2 Å². The molecule has 5 nitrogen and oxygen atoms in total. The van der Waals surface area contributed by atoms with Crippen molar-refractivity contribution in [3.8, 4) is 0 Å². The van der Waals surface area contributed by atoms with Crippen LogP contribution in [0.4, 0.5) is 0 Å². The summed E-state index contributed by atoms with van der Waals surface area (Å²) in [6.07, 6.45) is 14.5. The van der Waals surface area contributed by atoms with Gasteiger partial charge in [-0.05, 0) is 19.3 Å². The van der Waals surface area contributed by atoms with Crippen molar-refractivity contribution in [3.63, 3.8) is 0 Å². The smallest absolute Gasteiger partial charge is 0.318 e. The Labute approximate surface area is 174 Å². The highest BCUT2D eigenvalue weighted by atomic mass is 16.6. The summed E-state index contributed by atoms with van der Waals surface area (Å²) in [4.78, 5) is 49.7. The van der Waals surface area contributed by atoms with Crippen LogP contribution in [0.5, 0.6) is 0 Å². The van der Waals surface area contributed by atoms with Gasteiger partial charge in [-0.25, -0.2) is 0 Å². The summed E-state index contributed by atoms with van der Waals surface area (Å²) >= 11 is 0. The molecule has 1 aliphatic heterocycles. The number of unbranched alkanes of at least 4 members (excludes halogenated alkanes) is 9. The molecular weight excluding hydrogens is 368 g/mol. The maximum Gasteiger partial charge on any atom is 0.318 e. The van der Waals surface area contributed by atoms with Crippen LogP contribution in [0.3, 0.4) is 0 Å². The minimum absolute atomic E-state index is 0.00645. The largest absolute Gasteiger partial charge is 0.393 e. The zero-order valence-corrected chi connectivity index (χ0v) is 17.8. The van der Waals surface area contributed by atoms with Crippen LogP contribution in [0, 0.1) is 29.6 Å². The van der Waals surface area contributed by atoms with E-state index in [0.717, 1.165) is 19.3 Å². The summed E-state index contributed by atoms with van der Waals surface area (Å²) in [6.45, 7) is 2.24. The minimum atomic E-state index is -0.712. The van der Waals surface area contributed by atoms with Crippen molar-refractivity contribution in [1.29, 1.82) is 0 Å². The van der Waals surface area contributed by atoms with E-state index in [1.54, 1.807) is 0 Å². The van der Waals surface area contributed by atoms with Crippen molar-refractivity contribution in [2.45, 2.75) is 96.8 Å². The van der Waals surface area contributed by atoms with Gasteiger partial charge in [-0.3, -0.25) is 19.2 Å². The van der Waals surface area contributed by atoms with E-state index in [0.29, 0.717) is 12.8 Å². The first-order valence-electron chi connectivity index (χ1n) is 11.9. The summed E-state index contributed by atoms with van der Waals surface area (Å²) in [5.74, 6) is -3.38. The summed E-state index contributed by atoms with van der Waals surface area (Å²) in [7, 11) is 0. The molecule has 0 amide bonds. The number of carbonyl (C=O) groups is 4. The number of rotatable bonds is 11. The maximum atomic E-state index is 13.0. The Kier molecular flexibility index (Phi) is 8.02. The predicted molar refractivity (Wildman–Crippen MR) is 109 cm³/mol. The average Bonchev–Trinajstić information content (AvgIpc) is 3.00. The molecule has 3 aliphatic rings. The van der Waals surface area contributed by atoms with E-state index in [1.165, 1.54) is 51.4 Å². The van der Waals surface area contributed by atoms with E-state index in [4.69, 9.17) is 4.74 Å². The first-order chi connectivity index (χ1) is 14.0. The highest BCUT2D eigenvalue weighted by Crippen LogP contribution is 2.48. The number of ether oxygens (including phenoxy) is 1. The zero-order chi connectivity index (χ0) is 20.8. The molecule has 5 atom stereocenters. The Morgan fingerprint density at radius 1 is 0.724 bits per heavy atom. The van der Waals surface area contributed by atoms with E-state index < -0.39 is 29.7 Å². The molecule has 3 rings (SSSR count). The van der Waals surface area contributed by atoms with Gasteiger partial charge >= 0.3 is 11.9 Å². The fraction of sp³-hybridized carbons (Fsp3) is 0.833. The molecule has 0 aromatic heterocycles. The third-order valence-corrected chi connectivity index (χ3v) is 7.31. The molecule has 3 fully saturated rings.